The second kappa shape index (κ2) is 5.61. The number of aliphatic hydroxyl groups is 1. The van der Waals surface area contributed by atoms with Crippen molar-refractivity contribution in [3.8, 4) is 0 Å². The minimum Gasteiger partial charge on any atom is -0.389 e. The number of hydrogen-bond acceptors (Lipinski definition) is 2. The Hall–Kier alpha value is -0.930. The van der Waals surface area contributed by atoms with Gasteiger partial charge in [0.15, 0.2) is 0 Å². The van der Waals surface area contributed by atoms with Crippen molar-refractivity contribution >= 4 is 10.8 Å². The SMILES string of the molecule is Cc1ccc([S@](=O)/C=C2\CCCC[C@@H]2O)cc1. The molecule has 0 radical (unpaired) electrons. The largest absolute Gasteiger partial charge is 0.389 e. The fourth-order valence-corrected chi connectivity index (χ4v) is 3.12. The third kappa shape index (κ3) is 3.27. The molecule has 17 heavy (non-hydrogen) atoms. The zero-order valence-electron chi connectivity index (χ0n) is 10.1. The first-order valence-electron chi connectivity index (χ1n) is 6.03. The molecule has 2 rings (SSSR count). The van der Waals surface area contributed by atoms with Gasteiger partial charge in [-0.05, 0) is 43.9 Å². The summed E-state index contributed by atoms with van der Waals surface area (Å²) < 4.78 is 12.1. The third-order valence-electron chi connectivity index (χ3n) is 3.13. The maximum atomic E-state index is 12.1. The van der Waals surface area contributed by atoms with E-state index < -0.39 is 16.9 Å². The molecule has 0 saturated heterocycles. The number of rotatable bonds is 2. The molecule has 0 aliphatic heterocycles. The number of aliphatic hydroxyl groups excluding tert-OH is 1. The quantitative estimate of drug-likeness (QED) is 0.876. The highest BCUT2D eigenvalue weighted by atomic mass is 32.2. The van der Waals surface area contributed by atoms with Crippen molar-refractivity contribution in [3.05, 3.63) is 40.8 Å². The van der Waals surface area contributed by atoms with E-state index in [1.807, 2.05) is 31.2 Å². The molecule has 1 aromatic rings. The normalized spacial score (nSPS) is 24.8. The van der Waals surface area contributed by atoms with Crippen LogP contribution in [0, 0.1) is 6.92 Å². The van der Waals surface area contributed by atoms with Gasteiger partial charge in [0.1, 0.15) is 0 Å². The highest BCUT2D eigenvalue weighted by Crippen LogP contribution is 2.25. The lowest BCUT2D eigenvalue weighted by Gasteiger charge is -2.20. The first-order valence-corrected chi connectivity index (χ1v) is 7.24. The lowest BCUT2D eigenvalue weighted by Crippen LogP contribution is -2.15. The third-order valence-corrected chi connectivity index (χ3v) is 4.39. The molecular formula is C14H18O2S. The molecule has 2 nitrogen and oxygen atoms in total. The van der Waals surface area contributed by atoms with Gasteiger partial charge in [0, 0.05) is 10.3 Å². The summed E-state index contributed by atoms with van der Waals surface area (Å²) in [6.07, 6.45) is 3.44. The molecule has 0 heterocycles. The van der Waals surface area contributed by atoms with Crippen molar-refractivity contribution in [2.75, 3.05) is 0 Å². The molecule has 1 aromatic carbocycles. The average molecular weight is 250 g/mol. The Morgan fingerprint density at radius 3 is 2.65 bits per heavy atom. The zero-order valence-corrected chi connectivity index (χ0v) is 10.9. The Morgan fingerprint density at radius 2 is 2.00 bits per heavy atom. The number of benzene rings is 1. The molecule has 0 amide bonds. The maximum absolute atomic E-state index is 12.1. The van der Waals surface area contributed by atoms with Crippen LogP contribution < -0.4 is 0 Å². The summed E-state index contributed by atoms with van der Waals surface area (Å²) in [7, 11) is -1.13. The van der Waals surface area contributed by atoms with Gasteiger partial charge in [-0.3, -0.25) is 0 Å². The van der Waals surface area contributed by atoms with Gasteiger partial charge in [-0.1, -0.05) is 24.1 Å². The Balaban J connectivity index is 2.15. The van der Waals surface area contributed by atoms with Gasteiger partial charge in [-0.25, -0.2) is 4.21 Å². The Morgan fingerprint density at radius 1 is 1.29 bits per heavy atom. The second-order valence-electron chi connectivity index (χ2n) is 4.56. The van der Waals surface area contributed by atoms with Crippen LogP contribution in [0.15, 0.2) is 40.1 Å². The van der Waals surface area contributed by atoms with Crippen LogP contribution in [-0.4, -0.2) is 15.4 Å². The van der Waals surface area contributed by atoms with Crippen LogP contribution in [0.2, 0.25) is 0 Å². The summed E-state index contributed by atoms with van der Waals surface area (Å²) in [4.78, 5) is 0.806. The first kappa shape index (κ1) is 12.5. The highest BCUT2D eigenvalue weighted by Gasteiger charge is 2.16. The Bertz CT molecular complexity index is 434. The molecule has 1 saturated carbocycles. The molecule has 1 N–H and O–H groups in total. The van der Waals surface area contributed by atoms with Crippen molar-refractivity contribution < 1.29 is 9.32 Å². The van der Waals surface area contributed by atoms with Crippen LogP contribution in [0.25, 0.3) is 0 Å². The van der Waals surface area contributed by atoms with Gasteiger partial charge in [0.25, 0.3) is 0 Å². The Labute approximate surface area is 105 Å². The van der Waals surface area contributed by atoms with Crippen molar-refractivity contribution in [1.82, 2.24) is 0 Å². The maximum Gasteiger partial charge on any atom is 0.0776 e. The fourth-order valence-electron chi connectivity index (χ4n) is 2.03. The molecule has 1 fully saturated rings. The molecule has 0 bridgehead atoms. The standard InChI is InChI=1S/C14H18O2S/c1-11-6-8-13(9-7-11)17(16)10-12-4-2-3-5-14(12)15/h6-10,14-15H,2-5H2,1H3/b12-10+/t14-,17+/m0/s1. The lowest BCUT2D eigenvalue weighted by atomic mass is 9.94. The van der Waals surface area contributed by atoms with Gasteiger partial charge < -0.3 is 5.11 Å². The minimum absolute atomic E-state index is 0.391. The van der Waals surface area contributed by atoms with E-state index in [4.69, 9.17) is 0 Å². The molecule has 0 aromatic heterocycles. The molecule has 1 aliphatic carbocycles. The highest BCUT2D eigenvalue weighted by molar-refractivity contribution is 7.88. The summed E-state index contributed by atoms with van der Waals surface area (Å²) >= 11 is 0. The number of aryl methyl sites for hydroxylation is 1. The van der Waals surface area contributed by atoms with E-state index in [-0.39, 0.29) is 0 Å². The molecule has 0 spiro atoms. The van der Waals surface area contributed by atoms with Crippen molar-refractivity contribution in [1.29, 1.82) is 0 Å². The molecule has 0 unspecified atom stereocenters. The topological polar surface area (TPSA) is 37.3 Å². The van der Waals surface area contributed by atoms with E-state index in [0.29, 0.717) is 0 Å². The van der Waals surface area contributed by atoms with Crippen LogP contribution in [0.4, 0.5) is 0 Å². The van der Waals surface area contributed by atoms with Crippen molar-refractivity contribution in [2.24, 2.45) is 0 Å². The van der Waals surface area contributed by atoms with Gasteiger partial charge in [-0.15, -0.1) is 0 Å². The lowest BCUT2D eigenvalue weighted by molar-refractivity contribution is 0.179. The van der Waals surface area contributed by atoms with Gasteiger partial charge in [0.05, 0.1) is 16.9 Å². The average Bonchev–Trinajstić information content (AvgIpc) is 2.33. The van der Waals surface area contributed by atoms with E-state index in [0.717, 1.165) is 41.7 Å². The predicted molar refractivity (Wildman–Crippen MR) is 70.1 cm³/mol. The van der Waals surface area contributed by atoms with Crippen LogP contribution in [0.3, 0.4) is 0 Å². The summed E-state index contributed by atoms with van der Waals surface area (Å²) in [6.45, 7) is 2.01. The smallest absolute Gasteiger partial charge is 0.0776 e. The number of hydrogen-bond donors (Lipinski definition) is 1. The molecule has 3 heteroatoms. The van der Waals surface area contributed by atoms with Crippen LogP contribution >= 0.6 is 0 Å². The van der Waals surface area contributed by atoms with E-state index >= 15 is 0 Å². The Kier molecular flexibility index (Phi) is 4.13. The van der Waals surface area contributed by atoms with E-state index in [2.05, 4.69) is 0 Å². The van der Waals surface area contributed by atoms with E-state index in [1.54, 1.807) is 5.41 Å². The van der Waals surface area contributed by atoms with Crippen LogP contribution in [0.1, 0.15) is 31.2 Å². The second-order valence-corrected chi connectivity index (χ2v) is 5.87. The van der Waals surface area contributed by atoms with Gasteiger partial charge in [0.2, 0.25) is 0 Å². The molecule has 1 aliphatic rings. The van der Waals surface area contributed by atoms with E-state index in [1.165, 1.54) is 0 Å². The molecule has 92 valence electrons. The van der Waals surface area contributed by atoms with Crippen LogP contribution in [0.5, 0.6) is 0 Å². The summed E-state index contributed by atoms with van der Waals surface area (Å²) in [5, 5.41) is 11.5. The van der Waals surface area contributed by atoms with E-state index in [9.17, 15) is 9.32 Å². The summed E-state index contributed by atoms with van der Waals surface area (Å²) in [5.74, 6) is 0. The first-order chi connectivity index (χ1) is 8.16. The minimum atomic E-state index is -1.13. The van der Waals surface area contributed by atoms with Crippen molar-refractivity contribution in [2.45, 2.75) is 43.6 Å². The van der Waals surface area contributed by atoms with Gasteiger partial charge in [-0.2, -0.15) is 0 Å². The predicted octanol–water partition coefficient (Wildman–Crippen LogP) is 2.92. The fraction of sp³-hybridized carbons (Fsp3) is 0.429. The summed E-state index contributed by atoms with van der Waals surface area (Å²) in [5.41, 5.74) is 2.10. The molecular weight excluding hydrogens is 232 g/mol. The van der Waals surface area contributed by atoms with Crippen LogP contribution in [-0.2, 0) is 10.8 Å². The van der Waals surface area contributed by atoms with Gasteiger partial charge >= 0.3 is 0 Å². The summed E-state index contributed by atoms with van der Waals surface area (Å²) in [6, 6.07) is 7.70. The monoisotopic (exact) mass is 250 g/mol. The molecule has 2 atom stereocenters. The van der Waals surface area contributed by atoms with Crippen molar-refractivity contribution in [3.63, 3.8) is 0 Å². The zero-order chi connectivity index (χ0) is 12.3.